The van der Waals surface area contributed by atoms with E-state index in [0.717, 1.165) is 23.5 Å². The third-order valence-corrected chi connectivity index (χ3v) is 2.83. The summed E-state index contributed by atoms with van der Waals surface area (Å²) in [6.07, 6.45) is 2.65. The molecule has 1 rings (SSSR count). The quantitative estimate of drug-likeness (QED) is 0.813. The Kier molecular flexibility index (Phi) is 4.59. The standard InChI is InChI=1S/C10H16N2OS/c1-3-4-5-9(13)11-6-10-12-8(2)7-14-10/h7H,3-6H2,1-2H3,(H,11,13). The lowest BCUT2D eigenvalue weighted by Crippen LogP contribution is -2.22. The summed E-state index contributed by atoms with van der Waals surface area (Å²) in [6.45, 7) is 4.61. The molecule has 0 atom stereocenters. The molecule has 78 valence electrons. The molecule has 0 unspecified atom stereocenters. The van der Waals surface area contributed by atoms with Gasteiger partial charge in [-0.05, 0) is 13.3 Å². The minimum absolute atomic E-state index is 0.125. The first-order valence-electron chi connectivity index (χ1n) is 4.90. The van der Waals surface area contributed by atoms with Gasteiger partial charge in [0.25, 0.3) is 0 Å². The van der Waals surface area contributed by atoms with Crippen molar-refractivity contribution in [2.75, 3.05) is 0 Å². The highest BCUT2D eigenvalue weighted by Crippen LogP contribution is 2.07. The third-order valence-electron chi connectivity index (χ3n) is 1.86. The number of rotatable bonds is 5. The first kappa shape index (κ1) is 11.2. The second-order valence-corrected chi connectivity index (χ2v) is 4.21. The molecule has 0 aromatic carbocycles. The van der Waals surface area contributed by atoms with E-state index in [0.29, 0.717) is 13.0 Å². The van der Waals surface area contributed by atoms with Crippen LogP contribution < -0.4 is 5.32 Å². The Labute approximate surface area is 88.6 Å². The maximum absolute atomic E-state index is 11.2. The number of aromatic nitrogens is 1. The Balaban J connectivity index is 2.23. The third kappa shape index (κ3) is 3.87. The number of hydrogen-bond acceptors (Lipinski definition) is 3. The molecule has 3 nitrogen and oxygen atoms in total. The number of amides is 1. The van der Waals surface area contributed by atoms with Gasteiger partial charge < -0.3 is 5.32 Å². The zero-order valence-corrected chi connectivity index (χ0v) is 9.49. The van der Waals surface area contributed by atoms with Crippen LogP contribution in [0.15, 0.2) is 5.38 Å². The average molecular weight is 212 g/mol. The van der Waals surface area contributed by atoms with E-state index in [2.05, 4.69) is 17.2 Å². The first-order valence-corrected chi connectivity index (χ1v) is 5.78. The fourth-order valence-electron chi connectivity index (χ4n) is 1.08. The number of nitrogens with zero attached hydrogens (tertiary/aromatic N) is 1. The van der Waals surface area contributed by atoms with Gasteiger partial charge in [-0.2, -0.15) is 0 Å². The number of unbranched alkanes of at least 4 members (excludes halogenated alkanes) is 1. The van der Waals surface area contributed by atoms with Crippen LogP contribution in [0, 0.1) is 6.92 Å². The van der Waals surface area contributed by atoms with Crippen LogP contribution in [0.3, 0.4) is 0 Å². The number of thiazole rings is 1. The Morgan fingerprint density at radius 1 is 1.64 bits per heavy atom. The van der Waals surface area contributed by atoms with Crippen LogP contribution in [0.25, 0.3) is 0 Å². The van der Waals surface area contributed by atoms with Crippen molar-refractivity contribution >= 4 is 17.2 Å². The molecule has 0 aliphatic rings. The minimum atomic E-state index is 0.125. The maximum Gasteiger partial charge on any atom is 0.220 e. The van der Waals surface area contributed by atoms with E-state index < -0.39 is 0 Å². The van der Waals surface area contributed by atoms with E-state index in [1.807, 2.05) is 12.3 Å². The van der Waals surface area contributed by atoms with Gasteiger partial charge in [0.2, 0.25) is 5.91 Å². The molecule has 0 aliphatic carbocycles. The highest BCUT2D eigenvalue weighted by atomic mass is 32.1. The average Bonchev–Trinajstić information content (AvgIpc) is 2.58. The van der Waals surface area contributed by atoms with Crippen LogP contribution in [-0.2, 0) is 11.3 Å². The summed E-state index contributed by atoms with van der Waals surface area (Å²) >= 11 is 1.59. The summed E-state index contributed by atoms with van der Waals surface area (Å²) in [5.41, 5.74) is 1.02. The highest BCUT2D eigenvalue weighted by molar-refractivity contribution is 7.09. The Morgan fingerprint density at radius 2 is 2.43 bits per heavy atom. The zero-order chi connectivity index (χ0) is 10.4. The molecule has 1 aromatic heterocycles. The van der Waals surface area contributed by atoms with Gasteiger partial charge in [0, 0.05) is 17.5 Å². The lowest BCUT2D eigenvalue weighted by atomic mass is 10.2. The van der Waals surface area contributed by atoms with Crippen molar-refractivity contribution < 1.29 is 4.79 Å². The second-order valence-electron chi connectivity index (χ2n) is 3.26. The molecule has 0 radical (unpaired) electrons. The van der Waals surface area contributed by atoms with Crippen molar-refractivity contribution in [3.8, 4) is 0 Å². The Bertz CT molecular complexity index is 296. The minimum Gasteiger partial charge on any atom is -0.350 e. The SMILES string of the molecule is CCCCC(=O)NCc1nc(C)cs1. The van der Waals surface area contributed by atoms with Gasteiger partial charge in [0.15, 0.2) is 0 Å². The molecule has 0 saturated carbocycles. The molecule has 4 heteroatoms. The predicted molar refractivity (Wildman–Crippen MR) is 58.2 cm³/mol. The number of aryl methyl sites for hydroxylation is 1. The molecule has 1 heterocycles. The normalized spacial score (nSPS) is 10.1. The van der Waals surface area contributed by atoms with E-state index in [4.69, 9.17) is 0 Å². The Morgan fingerprint density at radius 3 is 3.00 bits per heavy atom. The van der Waals surface area contributed by atoms with Gasteiger partial charge in [0.1, 0.15) is 5.01 Å². The lowest BCUT2D eigenvalue weighted by Gasteiger charge is -2.01. The first-order chi connectivity index (χ1) is 6.72. The summed E-state index contributed by atoms with van der Waals surface area (Å²) in [5.74, 6) is 0.125. The van der Waals surface area contributed by atoms with E-state index in [1.165, 1.54) is 0 Å². The molecule has 0 fully saturated rings. The van der Waals surface area contributed by atoms with Crippen LogP contribution in [0.5, 0.6) is 0 Å². The van der Waals surface area contributed by atoms with Crippen LogP contribution >= 0.6 is 11.3 Å². The fraction of sp³-hybridized carbons (Fsp3) is 0.600. The van der Waals surface area contributed by atoms with Gasteiger partial charge in [0.05, 0.1) is 6.54 Å². The van der Waals surface area contributed by atoms with E-state index >= 15 is 0 Å². The number of hydrogen-bond donors (Lipinski definition) is 1. The van der Waals surface area contributed by atoms with Crippen molar-refractivity contribution in [2.45, 2.75) is 39.7 Å². The van der Waals surface area contributed by atoms with Crippen LogP contribution in [0.2, 0.25) is 0 Å². The summed E-state index contributed by atoms with van der Waals surface area (Å²) in [4.78, 5) is 15.5. The van der Waals surface area contributed by atoms with Gasteiger partial charge in [-0.25, -0.2) is 4.98 Å². The van der Waals surface area contributed by atoms with Crippen LogP contribution in [0.1, 0.15) is 36.9 Å². The molecular weight excluding hydrogens is 196 g/mol. The molecule has 0 spiro atoms. The summed E-state index contributed by atoms with van der Waals surface area (Å²) in [7, 11) is 0. The summed E-state index contributed by atoms with van der Waals surface area (Å²) in [5, 5.41) is 5.83. The van der Waals surface area contributed by atoms with Gasteiger partial charge in [-0.15, -0.1) is 11.3 Å². The number of nitrogens with one attached hydrogen (secondary N) is 1. The molecule has 0 aliphatic heterocycles. The number of carbonyl (C=O) groups is 1. The van der Waals surface area contributed by atoms with Gasteiger partial charge in [-0.1, -0.05) is 13.3 Å². The van der Waals surface area contributed by atoms with Crippen molar-refractivity contribution in [3.05, 3.63) is 16.1 Å². The topological polar surface area (TPSA) is 42.0 Å². The van der Waals surface area contributed by atoms with E-state index in [-0.39, 0.29) is 5.91 Å². The fourth-order valence-corrected chi connectivity index (χ4v) is 1.80. The molecule has 0 bridgehead atoms. The highest BCUT2D eigenvalue weighted by Gasteiger charge is 2.02. The van der Waals surface area contributed by atoms with Crippen molar-refractivity contribution in [1.82, 2.24) is 10.3 Å². The molecule has 1 aromatic rings. The van der Waals surface area contributed by atoms with Gasteiger partial charge >= 0.3 is 0 Å². The molecule has 1 amide bonds. The van der Waals surface area contributed by atoms with E-state index in [1.54, 1.807) is 11.3 Å². The number of carbonyl (C=O) groups excluding carboxylic acids is 1. The second kappa shape index (κ2) is 5.75. The van der Waals surface area contributed by atoms with Crippen LogP contribution in [-0.4, -0.2) is 10.9 Å². The summed E-state index contributed by atoms with van der Waals surface area (Å²) < 4.78 is 0. The Hall–Kier alpha value is -0.900. The monoisotopic (exact) mass is 212 g/mol. The zero-order valence-electron chi connectivity index (χ0n) is 8.67. The van der Waals surface area contributed by atoms with E-state index in [9.17, 15) is 4.79 Å². The molecule has 1 N–H and O–H groups in total. The van der Waals surface area contributed by atoms with Crippen LogP contribution in [0.4, 0.5) is 0 Å². The van der Waals surface area contributed by atoms with Crippen molar-refractivity contribution in [2.24, 2.45) is 0 Å². The molecular formula is C10H16N2OS. The van der Waals surface area contributed by atoms with Gasteiger partial charge in [-0.3, -0.25) is 4.79 Å². The predicted octanol–water partition coefficient (Wildman–Crippen LogP) is 2.26. The largest absolute Gasteiger partial charge is 0.350 e. The summed E-state index contributed by atoms with van der Waals surface area (Å²) in [6, 6.07) is 0. The molecule has 0 saturated heterocycles. The lowest BCUT2D eigenvalue weighted by molar-refractivity contribution is -0.121. The maximum atomic E-state index is 11.2. The molecule has 14 heavy (non-hydrogen) atoms. The smallest absolute Gasteiger partial charge is 0.220 e. The van der Waals surface area contributed by atoms with Crippen molar-refractivity contribution in [3.63, 3.8) is 0 Å². The van der Waals surface area contributed by atoms with Crippen molar-refractivity contribution in [1.29, 1.82) is 0 Å².